The molecule has 0 unspecified atom stereocenters. The van der Waals surface area contributed by atoms with Crippen molar-refractivity contribution in [3.05, 3.63) is 77.5 Å². The zero-order valence-electron chi connectivity index (χ0n) is 20.5. The Morgan fingerprint density at radius 1 is 1.15 bits per heavy atom. The van der Waals surface area contributed by atoms with Crippen molar-refractivity contribution in [2.45, 2.75) is 25.1 Å². The summed E-state index contributed by atoms with van der Waals surface area (Å²) in [6.07, 6.45) is -3.10. The molecule has 3 aromatic heterocycles. The van der Waals surface area contributed by atoms with Gasteiger partial charge in [-0.3, -0.25) is 14.6 Å². The van der Waals surface area contributed by atoms with Gasteiger partial charge in [0.2, 0.25) is 11.5 Å². The van der Waals surface area contributed by atoms with Crippen molar-refractivity contribution in [1.29, 1.82) is 0 Å². The second-order valence-electron chi connectivity index (χ2n) is 8.60. The van der Waals surface area contributed by atoms with Crippen LogP contribution in [0.3, 0.4) is 0 Å². The number of nitrogens with one attached hydrogen (secondary N) is 2. The molecule has 3 heterocycles. The van der Waals surface area contributed by atoms with Gasteiger partial charge in [0.05, 0.1) is 41.9 Å². The number of hydrogen-bond donors (Lipinski definition) is 4. The van der Waals surface area contributed by atoms with Gasteiger partial charge in [-0.2, -0.15) is 13.2 Å². The number of alkyl halides is 3. The Morgan fingerprint density at radius 3 is 2.51 bits per heavy atom. The van der Waals surface area contributed by atoms with Crippen LogP contribution in [0.4, 0.5) is 17.6 Å². The van der Waals surface area contributed by atoms with Gasteiger partial charge in [-0.1, -0.05) is 0 Å². The van der Waals surface area contributed by atoms with Gasteiger partial charge in [0.25, 0.3) is 5.91 Å². The van der Waals surface area contributed by atoms with Crippen LogP contribution in [0, 0.1) is 5.82 Å². The van der Waals surface area contributed by atoms with E-state index in [9.17, 15) is 32.3 Å². The summed E-state index contributed by atoms with van der Waals surface area (Å²) >= 11 is 0. The highest BCUT2D eigenvalue weighted by molar-refractivity contribution is 5.96. The number of aromatic amines is 1. The van der Waals surface area contributed by atoms with Crippen LogP contribution in [0.15, 0.2) is 54.9 Å². The molecule has 1 aromatic carbocycles. The fourth-order valence-electron chi connectivity index (χ4n) is 3.93. The quantitative estimate of drug-likeness (QED) is 0.238. The van der Waals surface area contributed by atoms with Crippen molar-refractivity contribution >= 4 is 22.8 Å². The maximum atomic E-state index is 14.4. The molecule has 2 amide bonds. The summed E-state index contributed by atoms with van der Waals surface area (Å²) < 4.78 is 62.4. The van der Waals surface area contributed by atoms with Crippen molar-refractivity contribution in [1.82, 2.24) is 20.3 Å². The van der Waals surface area contributed by atoms with E-state index >= 15 is 0 Å². The van der Waals surface area contributed by atoms with E-state index in [0.29, 0.717) is 11.0 Å². The second kappa shape index (κ2) is 10.7. The molecule has 5 N–H and O–H groups in total. The number of carbonyl (C=O) groups excluding carboxylic acids is 2. The van der Waals surface area contributed by atoms with Crippen molar-refractivity contribution in [2.75, 3.05) is 13.2 Å². The standard InChI is InChI=1S/C26H23F4N5O4/c1-2-39-23-15(11-21(31)36)10-20(35-22(23)14-3-5-17(27)6-4-14)25(38,26(28,29)30)13-34-24(37)16-9-19-18(33-12-16)7-8-32-19/h3-10,12,32,38H,2,11,13H2,1H3,(H2,31,36)(H,34,37)/t25-/m0/s1. The highest BCUT2D eigenvalue weighted by Crippen LogP contribution is 2.42. The number of primary amides is 1. The molecule has 0 aliphatic carbocycles. The third kappa shape index (κ3) is 5.67. The molecule has 13 heteroatoms. The normalized spacial score (nSPS) is 13.2. The first-order valence-electron chi connectivity index (χ1n) is 11.6. The van der Waals surface area contributed by atoms with Gasteiger partial charge in [0.15, 0.2) is 0 Å². The molecule has 0 spiro atoms. The van der Waals surface area contributed by atoms with Crippen LogP contribution in [-0.2, 0) is 16.8 Å². The topological polar surface area (TPSA) is 143 Å². The number of benzene rings is 1. The van der Waals surface area contributed by atoms with Crippen LogP contribution >= 0.6 is 0 Å². The minimum Gasteiger partial charge on any atom is -0.491 e. The van der Waals surface area contributed by atoms with Gasteiger partial charge < -0.3 is 25.9 Å². The number of amides is 2. The molecule has 0 aliphatic heterocycles. The SMILES string of the molecule is CCOc1c(CC(N)=O)cc([C@@](O)(CNC(=O)c2cnc3cc[nH]c3c2)C(F)(F)F)nc1-c1ccc(F)cc1. The van der Waals surface area contributed by atoms with Crippen molar-refractivity contribution in [2.24, 2.45) is 5.73 Å². The van der Waals surface area contributed by atoms with Crippen molar-refractivity contribution in [3.63, 3.8) is 0 Å². The summed E-state index contributed by atoms with van der Waals surface area (Å²) in [6.45, 7) is 0.342. The number of carbonyl (C=O) groups is 2. The number of nitrogens with two attached hydrogens (primary N) is 1. The lowest BCUT2D eigenvalue weighted by Crippen LogP contribution is -2.51. The predicted molar refractivity (Wildman–Crippen MR) is 132 cm³/mol. The largest absolute Gasteiger partial charge is 0.491 e. The van der Waals surface area contributed by atoms with Crippen LogP contribution < -0.4 is 15.8 Å². The summed E-state index contributed by atoms with van der Waals surface area (Å²) in [5.74, 6) is -2.46. The number of pyridine rings is 2. The van der Waals surface area contributed by atoms with Crippen molar-refractivity contribution in [3.8, 4) is 17.0 Å². The van der Waals surface area contributed by atoms with Gasteiger partial charge in [0, 0.05) is 23.5 Å². The summed E-state index contributed by atoms with van der Waals surface area (Å²) in [6, 6.07) is 8.56. The lowest BCUT2D eigenvalue weighted by molar-refractivity contribution is -0.265. The fourth-order valence-corrected chi connectivity index (χ4v) is 3.93. The monoisotopic (exact) mass is 545 g/mol. The molecule has 1 atom stereocenters. The number of fused-ring (bicyclic) bond motifs is 1. The summed E-state index contributed by atoms with van der Waals surface area (Å²) in [4.78, 5) is 35.4. The average molecular weight is 545 g/mol. The molecule has 4 rings (SSSR count). The van der Waals surface area contributed by atoms with E-state index in [1.807, 2.05) is 0 Å². The molecule has 0 saturated heterocycles. The summed E-state index contributed by atoms with van der Waals surface area (Å²) in [7, 11) is 0. The van der Waals surface area contributed by atoms with E-state index < -0.39 is 48.1 Å². The Morgan fingerprint density at radius 2 is 1.87 bits per heavy atom. The van der Waals surface area contributed by atoms with Gasteiger partial charge >= 0.3 is 6.18 Å². The smallest absolute Gasteiger partial charge is 0.424 e. The zero-order valence-corrected chi connectivity index (χ0v) is 20.5. The van der Waals surface area contributed by atoms with Crippen LogP contribution in [0.5, 0.6) is 5.75 Å². The molecule has 39 heavy (non-hydrogen) atoms. The van der Waals surface area contributed by atoms with Gasteiger partial charge in [-0.15, -0.1) is 0 Å². The highest BCUT2D eigenvalue weighted by Gasteiger charge is 2.56. The second-order valence-corrected chi connectivity index (χ2v) is 8.60. The number of rotatable bonds is 9. The summed E-state index contributed by atoms with van der Waals surface area (Å²) in [5, 5.41) is 13.1. The van der Waals surface area contributed by atoms with E-state index in [1.165, 1.54) is 24.4 Å². The number of aromatic nitrogens is 3. The zero-order chi connectivity index (χ0) is 28.4. The molecule has 0 bridgehead atoms. The third-order valence-electron chi connectivity index (χ3n) is 5.88. The lowest BCUT2D eigenvalue weighted by atomic mass is 9.93. The van der Waals surface area contributed by atoms with E-state index in [1.54, 1.807) is 19.2 Å². The van der Waals surface area contributed by atoms with Gasteiger partial charge in [-0.05, 0) is 49.4 Å². The molecular formula is C26H23F4N5O4. The predicted octanol–water partition coefficient (Wildman–Crippen LogP) is 3.37. The molecular weight excluding hydrogens is 522 g/mol. The molecule has 204 valence electrons. The minimum absolute atomic E-state index is 0.0458. The Kier molecular flexibility index (Phi) is 7.54. The van der Waals surface area contributed by atoms with Crippen LogP contribution in [0.2, 0.25) is 0 Å². The van der Waals surface area contributed by atoms with Crippen molar-refractivity contribution < 1.29 is 37.0 Å². The first kappa shape index (κ1) is 27.5. The molecule has 0 aliphatic rings. The maximum Gasteiger partial charge on any atom is 0.424 e. The Labute approximate surface area is 219 Å². The first-order valence-corrected chi connectivity index (χ1v) is 11.6. The number of ether oxygens (including phenoxy) is 1. The van der Waals surface area contributed by atoms with Crippen LogP contribution in [-0.4, -0.2) is 51.2 Å². The lowest BCUT2D eigenvalue weighted by Gasteiger charge is -2.31. The number of H-pyrrole nitrogens is 1. The fraction of sp³-hybridized carbons (Fsp3) is 0.231. The number of hydrogen-bond acceptors (Lipinski definition) is 6. The van der Waals surface area contributed by atoms with Crippen LogP contribution in [0.1, 0.15) is 28.5 Å². The first-order chi connectivity index (χ1) is 18.4. The highest BCUT2D eigenvalue weighted by atomic mass is 19.4. The van der Waals surface area contributed by atoms with Crippen LogP contribution in [0.25, 0.3) is 22.3 Å². The summed E-state index contributed by atoms with van der Waals surface area (Å²) in [5.41, 5.74) is 1.59. The Bertz CT molecular complexity index is 1520. The average Bonchev–Trinajstić information content (AvgIpc) is 3.35. The van der Waals surface area contributed by atoms with E-state index in [2.05, 4.69) is 20.3 Å². The maximum absolute atomic E-state index is 14.4. The van der Waals surface area contributed by atoms with Gasteiger partial charge in [0.1, 0.15) is 17.3 Å². The minimum atomic E-state index is -5.33. The van der Waals surface area contributed by atoms with E-state index in [-0.39, 0.29) is 34.7 Å². The molecule has 9 nitrogen and oxygen atoms in total. The number of nitrogens with zero attached hydrogens (tertiary/aromatic N) is 2. The molecule has 0 fully saturated rings. The molecule has 0 radical (unpaired) electrons. The van der Waals surface area contributed by atoms with E-state index in [4.69, 9.17) is 10.5 Å². The Hall–Kier alpha value is -4.52. The Balaban J connectivity index is 1.79. The molecule has 4 aromatic rings. The van der Waals surface area contributed by atoms with E-state index in [0.717, 1.165) is 18.2 Å². The number of halogens is 4. The molecule has 0 saturated carbocycles. The third-order valence-corrected chi connectivity index (χ3v) is 5.88. The number of aliphatic hydroxyl groups is 1. The van der Waals surface area contributed by atoms with Gasteiger partial charge in [-0.25, -0.2) is 9.37 Å².